The number of hydrogen-bond acceptors (Lipinski definition) is 5. The number of rotatable bonds is 3. The van der Waals surface area contributed by atoms with Crippen LogP contribution in [-0.2, 0) is 4.74 Å². The summed E-state index contributed by atoms with van der Waals surface area (Å²) in [5.41, 5.74) is 6.87. The number of nitrogens with two attached hydrogens (primary N) is 1. The molecule has 0 fully saturated rings. The van der Waals surface area contributed by atoms with Crippen LogP contribution < -0.4 is 5.73 Å². The highest BCUT2D eigenvalue weighted by Gasteiger charge is 2.24. The van der Waals surface area contributed by atoms with Crippen LogP contribution in [0.3, 0.4) is 0 Å². The number of para-hydroxylation sites is 1. The predicted molar refractivity (Wildman–Crippen MR) is 84.3 cm³/mol. The summed E-state index contributed by atoms with van der Waals surface area (Å²) in [5, 5.41) is 9.15. The minimum Gasteiger partial charge on any atom is -0.464 e. The lowest BCUT2D eigenvalue weighted by Gasteiger charge is -2.16. The fraction of sp³-hybridized carbons (Fsp3) is 0.188. The molecule has 23 heavy (non-hydrogen) atoms. The first kappa shape index (κ1) is 16.1. The summed E-state index contributed by atoms with van der Waals surface area (Å²) in [6.07, 6.45) is 1.42. The maximum absolute atomic E-state index is 12.4. The number of carbonyl (C=O) groups excluding carboxylic acids is 2. The molecule has 2 rings (SSSR count). The van der Waals surface area contributed by atoms with Crippen LogP contribution in [0, 0.1) is 11.3 Å². The Morgan fingerprint density at radius 3 is 2.52 bits per heavy atom. The average molecular weight is 312 g/mol. The van der Waals surface area contributed by atoms with Crippen molar-refractivity contribution < 1.29 is 14.3 Å². The quantitative estimate of drug-likeness (QED) is 0.864. The fourth-order valence-electron chi connectivity index (χ4n) is 2.21. The SMILES string of the molecule is COC(=O)c1c(N)c(C#N)cn1-c1ccccc1C(=O)N(C)C. The Hall–Kier alpha value is -3.27. The van der Waals surface area contributed by atoms with Crippen LogP contribution in [0.5, 0.6) is 0 Å². The molecule has 0 bridgehead atoms. The molecule has 1 aromatic carbocycles. The van der Waals surface area contributed by atoms with E-state index in [9.17, 15) is 9.59 Å². The number of esters is 1. The number of benzene rings is 1. The Balaban J connectivity index is 2.76. The van der Waals surface area contributed by atoms with Gasteiger partial charge in [0.05, 0.1) is 29.6 Å². The lowest BCUT2D eigenvalue weighted by Crippen LogP contribution is -2.23. The number of carbonyl (C=O) groups is 2. The van der Waals surface area contributed by atoms with Crippen molar-refractivity contribution in [1.82, 2.24) is 9.47 Å². The average Bonchev–Trinajstić information content (AvgIpc) is 2.89. The molecule has 0 atom stereocenters. The Labute approximate surface area is 133 Å². The molecule has 118 valence electrons. The van der Waals surface area contributed by atoms with E-state index in [0.717, 1.165) is 0 Å². The number of nitriles is 1. The van der Waals surface area contributed by atoms with E-state index in [-0.39, 0.29) is 22.9 Å². The molecular weight excluding hydrogens is 296 g/mol. The molecule has 0 saturated heterocycles. The van der Waals surface area contributed by atoms with Crippen molar-refractivity contribution >= 4 is 17.6 Å². The van der Waals surface area contributed by atoms with Crippen molar-refractivity contribution in [3.8, 4) is 11.8 Å². The molecule has 7 nitrogen and oxygen atoms in total. The summed E-state index contributed by atoms with van der Waals surface area (Å²) in [5.74, 6) is -0.918. The fourth-order valence-corrected chi connectivity index (χ4v) is 2.21. The third-order valence-corrected chi connectivity index (χ3v) is 3.34. The van der Waals surface area contributed by atoms with Crippen molar-refractivity contribution in [2.75, 3.05) is 26.9 Å². The maximum Gasteiger partial charge on any atom is 0.357 e. The van der Waals surface area contributed by atoms with Gasteiger partial charge in [-0.05, 0) is 12.1 Å². The molecule has 1 aromatic heterocycles. The lowest BCUT2D eigenvalue weighted by molar-refractivity contribution is 0.0592. The molecule has 0 spiro atoms. The monoisotopic (exact) mass is 312 g/mol. The topological polar surface area (TPSA) is 101 Å². The molecule has 0 saturated carbocycles. The van der Waals surface area contributed by atoms with Crippen LogP contribution in [0.25, 0.3) is 5.69 Å². The molecule has 0 radical (unpaired) electrons. The minimum atomic E-state index is -0.684. The largest absolute Gasteiger partial charge is 0.464 e. The van der Waals surface area contributed by atoms with Crippen molar-refractivity contribution in [1.29, 1.82) is 5.26 Å². The summed E-state index contributed by atoms with van der Waals surface area (Å²) >= 11 is 0. The first-order chi connectivity index (χ1) is 10.9. The standard InChI is InChI=1S/C16H16N4O3/c1-19(2)15(21)11-6-4-5-7-12(11)20-9-10(8-17)13(18)14(20)16(22)23-3/h4-7,9H,18H2,1-3H3. The van der Waals surface area contributed by atoms with Gasteiger partial charge in [-0.3, -0.25) is 4.79 Å². The molecule has 0 unspecified atom stereocenters. The molecule has 0 aliphatic rings. The number of ether oxygens (including phenoxy) is 1. The van der Waals surface area contributed by atoms with Crippen molar-refractivity contribution in [2.24, 2.45) is 0 Å². The van der Waals surface area contributed by atoms with Crippen LogP contribution in [0.2, 0.25) is 0 Å². The zero-order valence-corrected chi connectivity index (χ0v) is 13.0. The van der Waals surface area contributed by atoms with Gasteiger partial charge in [-0.15, -0.1) is 0 Å². The Kier molecular flexibility index (Phi) is 4.37. The van der Waals surface area contributed by atoms with Gasteiger partial charge in [-0.2, -0.15) is 5.26 Å². The number of anilines is 1. The number of methoxy groups -OCH3 is 1. The van der Waals surface area contributed by atoms with Crippen LogP contribution in [-0.4, -0.2) is 42.5 Å². The highest BCUT2D eigenvalue weighted by Crippen LogP contribution is 2.26. The normalized spacial score (nSPS) is 10.0. The van der Waals surface area contributed by atoms with E-state index in [1.807, 2.05) is 6.07 Å². The van der Waals surface area contributed by atoms with Gasteiger partial charge in [-0.25, -0.2) is 4.79 Å². The zero-order valence-electron chi connectivity index (χ0n) is 13.0. The molecule has 7 heteroatoms. The summed E-state index contributed by atoms with van der Waals surface area (Å²) in [4.78, 5) is 25.8. The zero-order chi connectivity index (χ0) is 17.1. The molecule has 2 N–H and O–H groups in total. The first-order valence-corrected chi connectivity index (χ1v) is 6.72. The van der Waals surface area contributed by atoms with Gasteiger partial charge in [0, 0.05) is 20.3 Å². The van der Waals surface area contributed by atoms with Crippen LogP contribution in [0.15, 0.2) is 30.5 Å². The van der Waals surface area contributed by atoms with Crippen LogP contribution in [0.4, 0.5) is 5.69 Å². The van der Waals surface area contributed by atoms with Gasteiger partial charge in [0.15, 0.2) is 5.69 Å². The third-order valence-electron chi connectivity index (χ3n) is 3.34. The van der Waals surface area contributed by atoms with E-state index in [1.165, 1.54) is 22.8 Å². The minimum absolute atomic E-state index is 0.0167. The van der Waals surface area contributed by atoms with Crippen molar-refractivity contribution in [3.63, 3.8) is 0 Å². The van der Waals surface area contributed by atoms with E-state index < -0.39 is 5.97 Å². The predicted octanol–water partition coefficient (Wildman–Crippen LogP) is 1.42. The summed E-state index contributed by atoms with van der Waals surface area (Å²) in [6, 6.07) is 8.68. The van der Waals surface area contributed by atoms with Gasteiger partial charge < -0.3 is 19.9 Å². The van der Waals surface area contributed by atoms with Gasteiger partial charge in [-0.1, -0.05) is 12.1 Å². The number of nitrogen functional groups attached to an aromatic ring is 1. The maximum atomic E-state index is 12.4. The molecule has 1 amide bonds. The van der Waals surface area contributed by atoms with Gasteiger partial charge in [0.2, 0.25) is 0 Å². The molecule has 0 aliphatic carbocycles. The highest BCUT2D eigenvalue weighted by molar-refractivity contribution is 6.00. The third kappa shape index (κ3) is 2.74. The molecule has 0 aliphatic heterocycles. The lowest BCUT2D eigenvalue weighted by atomic mass is 10.1. The second-order valence-corrected chi connectivity index (χ2v) is 5.00. The van der Waals surface area contributed by atoms with Crippen LogP contribution in [0.1, 0.15) is 26.4 Å². The first-order valence-electron chi connectivity index (χ1n) is 6.72. The number of aromatic nitrogens is 1. The number of amides is 1. The van der Waals surface area contributed by atoms with Gasteiger partial charge in [0.25, 0.3) is 5.91 Å². The van der Waals surface area contributed by atoms with Crippen molar-refractivity contribution in [2.45, 2.75) is 0 Å². The van der Waals surface area contributed by atoms with Crippen molar-refractivity contribution in [3.05, 3.63) is 47.3 Å². The molecule has 2 aromatic rings. The van der Waals surface area contributed by atoms with E-state index in [1.54, 1.807) is 38.4 Å². The van der Waals surface area contributed by atoms with E-state index in [2.05, 4.69) is 0 Å². The smallest absolute Gasteiger partial charge is 0.357 e. The van der Waals surface area contributed by atoms with E-state index in [4.69, 9.17) is 15.7 Å². The van der Waals surface area contributed by atoms with Gasteiger partial charge in [0.1, 0.15) is 6.07 Å². The molecule has 1 heterocycles. The second-order valence-electron chi connectivity index (χ2n) is 5.00. The highest BCUT2D eigenvalue weighted by atomic mass is 16.5. The molecular formula is C16H16N4O3. The van der Waals surface area contributed by atoms with Crippen LogP contribution >= 0.6 is 0 Å². The van der Waals surface area contributed by atoms with Gasteiger partial charge >= 0.3 is 5.97 Å². The Morgan fingerprint density at radius 1 is 1.30 bits per heavy atom. The van der Waals surface area contributed by atoms with E-state index in [0.29, 0.717) is 11.3 Å². The summed E-state index contributed by atoms with van der Waals surface area (Å²) in [6.45, 7) is 0. The second kappa shape index (κ2) is 6.23. The summed E-state index contributed by atoms with van der Waals surface area (Å²) in [7, 11) is 4.48. The Morgan fingerprint density at radius 2 is 1.96 bits per heavy atom. The van der Waals surface area contributed by atoms with E-state index >= 15 is 0 Å². The number of nitrogens with zero attached hydrogens (tertiary/aromatic N) is 3. The Bertz CT molecular complexity index is 815. The summed E-state index contributed by atoms with van der Waals surface area (Å²) < 4.78 is 6.15. The number of hydrogen-bond donors (Lipinski definition) is 1.